The molecule has 0 saturated heterocycles. The lowest BCUT2D eigenvalue weighted by Gasteiger charge is -2.26. The highest BCUT2D eigenvalue weighted by molar-refractivity contribution is 6.10. The predicted octanol–water partition coefficient (Wildman–Crippen LogP) is 4.53. The summed E-state index contributed by atoms with van der Waals surface area (Å²) >= 11 is 0. The summed E-state index contributed by atoms with van der Waals surface area (Å²) in [4.78, 5) is 25.2. The van der Waals surface area contributed by atoms with Crippen molar-refractivity contribution in [2.75, 3.05) is 12.4 Å². The second-order valence-corrected chi connectivity index (χ2v) is 7.48. The fourth-order valence-electron chi connectivity index (χ4n) is 4.30. The van der Waals surface area contributed by atoms with E-state index < -0.39 is 0 Å². The van der Waals surface area contributed by atoms with Gasteiger partial charge in [0.25, 0.3) is 11.8 Å². The second kappa shape index (κ2) is 7.99. The molecule has 3 rings (SSSR count). The zero-order valence-electron chi connectivity index (χ0n) is 16.7. The average Bonchev–Trinajstić information content (AvgIpc) is 2.96. The Balaban J connectivity index is 1.90. The third-order valence-corrected chi connectivity index (χ3v) is 5.64. The molecular formula is C22H29N3O2. The van der Waals surface area contributed by atoms with E-state index in [0.29, 0.717) is 22.9 Å². The number of carbonyl (C=O) groups excluding carboxylic acids is 2. The molecule has 5 nitrogen and oxygen atoms in total. The summed E-state index contributed by atoms with van der Waals surface area (Å²) in [7, 11) is 1.60. The molecule has 1 aromatic carbocycles. The highest BCUT2D eigenvalue weighted by atomic mass is 16.2. The first kappa shape index (κ1) is 19.2. The molecule has 1 aliphatic rings. The van der Waals surface area contributed by atoms with E-state index in [-0.39, 0.29) is 11.8 Å². The molecule has 0 radical (unpaired) electrons. The normalized spacial score (nSPS) is 14.8. The first-order chi connectivity index (χ1) is 12.9. The van der Waals surface area contributed by atoms with Gasteiger partial charge in [-0.1, -0.05) is 31.4 Å². The molecule has 0 bridgehead atoms. The minimum absolute atomic E-state index is 0.166. The van der Waals surface area contributed by atoms with Crippen LogP contribution in [0.3, 0.4) is 0 Å². The summed E-state index contributed by atoms with van der Waals surface area (Å²) in [5.41, 5.74) is 4.70. The Morgan fingerprint density at radius 1 is 1.04 bits per heavy atom. The van der Waals surface area contributed by atoms with Gasteiger partial charge in [0.1, 0.15) is 0 Å². The number of carbonyl (C=O) groups is 2. The molecule has 2 aromatic rings. The van der Waals surface area contributed by atoms with Gasteiger partial charge in [-0.25, -0.2) is 0 Å². The van der Waals surface area contributed by atoms with E-state index in [9.17, 15) is 9.59 Å². The molecule has 1 heterocycles. The molecule has 144 valence electrons. The average molecular weight is 367 g/mol. The maximum Gasteiger partial charge on any atom is 0.257 e. The molecule has 2 N–H and O–H groups in total. The van der Waals surface area contributed by atoms with E-state index in [1.807, 2.05) is 32.0 Å². The van der Waals surface area contributed by atoms with E-state index in [2.05, 4.69) is 22.1 Å². The van der Waals surface area contributed by atoms with Crippen molar-refractivity contribution in [1.82, 2.24) is 9.88 Å². The van der Waals surface area contributed by atoms with Gasteiger partial charge in [-0.2, -0.15) is 0 Å². The lowest BCUT2D eigenvalue weighted by Crippen LogP contribution is -2.23. The second-order valence-electron chi connectivity index (χ2n) is 7.48. The first-order valence-electron chi connectivity index (χ1n) is 9.75. The minimum Gasteiger partial charge on any atom is -0.355 e. The zero-order valence-corrected chi connectivity index (χ0v) is 16.7. The van der Waals surface area contributed by atoms with Gasteiger partial charge in [0, 0.05) is 24.5 Å². The number of benzene rings is 1. The summed E-state index contributed by atoms with van der Waals surface area (Å²) in [5, 5.41) is 5.60. The van der Waals surface area contributed by atoms with E-state index in [4.69, 9.17) is 0 Å². The van der Waals surface area contributed by atoms with Crippen LogP contribution < -0.4 is 10.6 Å². The van der Waals surface area contributed by atoms with Gasteiger partial charge >= 0.3 is 0 Å². The number of hydrogen-bond donors (Lipinski definition) is 2. The van der Waals surface area contributed by atoms with Gasteiger partial charge in [-0.15, -0.1) is 0 Å². The molecule has 1 fully saturated rings. The van der Waals surface area contributed by atoms with Gasteiger partial charge in [0.15, 0.2) is 0 Å². The molecule has 0 aliphatic heterocycles. The quantitative estimate of drug-likeness (QED) is 0.834. The Hall–Kier alpha value is -2.56. The summed E-state index contributed by atoms with van der Waals surface area (Å²) < 4.78 is 2.32. The van der Waals surface area contributed by atoms with Crippen LogP contribution in [0.4, 0.5) is 5.69 Å². The monoisotopic (exact) mass is 367 g/mol. The molecular weight excluding hydrogens is 338 g/mol. The summed E-state index contributed by atoms with van der Waals surface area (Å²) in [5.74, 6) is -0.364. The molecule has 0 spiro atoms. The van der Waals surface area contributed by atoms with E-state index in [1.165, 1.54) is 32.1 Å². The van der Waals surface area contributed by atoms with Crippen molar-refractivity contribution >= 4 is 17.5 Å². The summed E-state index contributed by atoms with van der Waals surface area (Å²) in [6.07, 6.45) is 6.16. The van der Waals surface area contributed by atoms with Crippen molar-refractivity contribution < 1.29 is 9.59 Å². The van der Waals surface area contributed by atoms with Crippen LogP contribution in [0.1, 0.15) is 75.8 Å². The van der Waals surface area contributed by atoms with Crippen LogP contribution in [-0.2, 0) is 0 Å². The molecule has 2 amide bonds. The fraction of sp³-hybridized carbons (Fsp3) is 0.455. The van der Waals surface area contributed by atoms with Crippen molar-refractivity contribution in [3.8, 4) is 0 Å². The summed E-state index contributed by atoms with van der Waals surface area (Å²) in [6.45, 7) is 5.96. The number of amides is 2. The lowest BCUT2D eigenvalue weighted by molar-refractivity contribution is 0.0963. The van der Waals surface area contributed by atoms with E-state index in [1.54, 1.807) is 13.1 Å². The van der Waals surface area contributed by atoms with E-state index >= 15 is 0 Å². The fourth-order valence-corrected chi connectivity index (χ4v) is 4.30. The Labute approximate surface area is 161 Å². The van der Waals surface area contributed by atoms with Gasteiger partial charge in [0.05, 0.1) is 16.8 Å². The number of rotatable bonds is 4. The zero-order chi connectivity index (χ0) is 19.6. The molecule has 0 unspecified atom stereocenters. The Morgan fingerprint density at radius 2 is 1.74 bits per heavy atom. The number of aryl methyl sites for hydroxylation is 2. The van der Waals surface area contributed by atoms with Gasteiger partial charge in [-0.05, 0) is 51.3 Å². The van der Waals surface area contributed by atoms with Crippen molar-refractivity contribution in [3.05, 3.63) is 52.3 Å². The Kier molecular flexibility index (Phi) is 5.68. The van der Waals surface area contributed by atoms with Crippen LogP contribution in [0, 0.1) is 20.8 Å². The van der Waals surface area contributed by atoms with Gasteiger partial charge in [0.2, 0.25) is 0 Å². The molecule has 1 saturated carbocycles. The SMILES string of the molecule is CNC(=O)c1c(C)cccc1NC(=O)c1cc(C)n(C2CCCCC2)c1C. The molecule has 1 aliphatic carbocycles. The van der Waals surface area contributed by atoms with Crippen LogP contribution in [0.2, 0.25) is 0 Å². The lowest BCUT2D eigenvalue weighted by atomic mass is 9.95. The van der Waals surface area contributed by atoms with Gasteiger partial charge < -0.3 is 15.2 Å². The topological polar surface area (TPSA) is 63.1 Å². The largest absolute Gasteiger partial charge is 0.355 e. The van der Waals surface area contributed by atoms with Crippen LogP contribution >= 0.6 is 0 Å². The third-order valence-electron chi connectivity index (χ3n) is 5.64. The third kappa shape index (κ3) is 3.77. The molecule has 0 atom stereocenters. The standard InChI is InChI=1S/C22H29N3O2/c1-14-9-8-12-19(20(14)22(27)23-4)24-21(26)18-13-15(2)25(16(18)3)17-10-6-5-7-11-17/h8-9,12-13,17H,5-7,10-11H2,1-4H3,(H,23,27)(H,24,26). The van der Waals surface area contributed by atoms with Crippen molar-refractivity contribution in [2.45, 2.75) is 58.9 Å². The predicted molar refractivity (Wildman–Crippen MR) is 109 cm³/mol. The maximum absolute atomic E-state index is 13.0. The summed E-state index contributed by atoms with van der Waals surface area (Å²) in [6, 6.07) is 7.95. The Bertz CT molecular complexity index is 861. The molecule has 1 aromatic heterocycles. The number of nitrogens with zero attached hydrogens (tertiary/aromatic N) is 1. The van der Waals surface area contributed by atoms with Gasteiger partial charge in [-0.3, -0.25) is 9.59 Å². The van der Waals surface area contributed by atoms with Crippen LogP contribution in [-0.4, -0.2) is 23.4 Å². The van der Waals surface area contributed by atoms with E-state index in [0.717, 1.165) is 17.0 Å². The molecule has 5 heteroatoms. The molecule has 27 heavy (non-hydrogen) atoms. The number of anilines is 1. The maximum atomic E-state index is 13.0. The van der Waals surface area contributed by atoms with Crippen LogP contribution in [0.15, 0.2) is 24.3 Å². The minimum atomic E-state index is -0.198. The Morgan fingerprint density at radius 3 is 2.41 bits per heavy atom. The number of aromatic nitrogens is 1. The highest BCUT2D eigenvalue weighted by Gasteiger charge is 2.23. The van der Waals surface area contributed by atoms with Crippen molar-refractivity contribution in [3.63, 3.8) is 0 Å². The van der Waals surface area contributed by atoms with Crippen molar-refractivity contribution in [2.24, 2.45) is 0 Å². The highest BCUT2D eigenvalue weighted by Crippen LogP contribution is 2.32. The van der Waals surface area contributed by atoms with Crippen molar-refractivity contribution in [1.29, 1.82) is 0 Å². The number of hydrogen-bond acceptors (Lipinski definition) is 2. The first-order valence-corrected chi connectivity index (χ1v) is 9.75. The number of nitrogens with one attached hydrogen (secondary N) is 2. The smallest absolute Gasteiger partial charge is 0.257 e. The van der Waals surface area contributed by atoms with Crippen LogP contribution in [0.25, 0.3) is 0 Å². The van der Waals surface area contributed by atoms with Crippen LogP contribution in [0.5, 0.6) is 0 Å².